The first-order valence-corrected chi connectivity index (χ1v) is 8.99. The van der Waals surface area contributed by atoms with Crippen molar-refractivity contribution >= 4 is 21.6 Å². The van der Waals surface area contributed by atoms with Crippen molar-refractivity contribution in [2.24, 2.45) is 0 Å². The molecule has 0 bridgehead atoms. The fourth-order valence-corrected chi connectivity index (χ4v) is 3.27. The van der Waals surface area contributed by atoms with E-state index in [0.717, 1.165) is 0 Å². The lowest BCUT2D eigenvalue weighted by Crippen LogP contribution is -2.31. The summed E-state index contributed by atoms with van der Waals surface area (Å²) in [5.74, 6) is -0.821. The summed E-state index contributed by atoms with van der Waals surface area (Å²) in [5.41, 5.74) is 0.762. The summed E-state index contributed by atoms with van der Waals surface area (Å²) in [5, 5.41) is 2.63. The second-order valence-corrected chi connectivity index (χ2v) is 7.13. The highest BCUT2D eigenvalue weighted by Crippen LogP contribution is 2.16. The number of rotatable bonds is 6. The first-order valence-electron chi connectivity index (χ1n) is 7.51. The Morgan fingerprint density at radius 1 is 1.08 bits per heavy atom. The number of anilines is 1. The maximum atomic E-state index is 12.9. The Kier molecular flexibility index (Phi) is 5.69. The van der Waals surface area contributed by atoms with Crippen molar-refractivity contribution in [3.63, 3.8) is 0 Å². The normalized spacial score (nSPS) is 12.6. The molecule has 128 valence electrons. The summed E-state index contributed by atoms with van der Waals surface area (Å²) in [7, 11) is -3.58. The molecule has 1 unspecified atom stereocenters. The predicted molar refractivity (Wildman–Crippen MR) is 90.9 cm³/mol. The zero-order valence-electron chi connectivity index (χ0n) is 13.4. The fraction of sp³-hybridized carbons (Fsp3) is 0.235. The largest absolute Gasteiger partial charge is 0.322 e. The molecular formula is C17H19FN2O3S. The van der Waals surface area contributed by atoms with E-state index in [2.05, 4.69) is 10.0 Å². The van der Waals surface area contributed by atoms with Crippen LogP contribution >= 0.6 is 0 Å². The predicted octanol–water partition coefficient (Wildman–Crippen LogP) is 3.15. The molecule has 0 aromatic heterocycles. The van der Waals surface area contributed by atoms with E-state index in [1.807, 2.05) is 6.92 Å². The smallest absolute Gasteiger partial charge is 0.255 e. The summed E-state index contributed by atoms with van der Waals surface area (Å²) < 4.78 is 39.7. The molecule has 0 radical (unpaired) electrons. The van der Waals surface area contributed by atoms with E-state index in [4.69, 9.17) is 0 Å². The van der Waals surface area contributed by atoms with E-state index >= 15 is 0 Å². The van der Waals surface area contributed by atoms with Crippen LogP contribution in [0.5, 0.6) is 0 Å². The first kappa shape index (κ1) is 18.1. The molecule has 0 fully saturated rings. The van der Waals surface area contributed by atoms with Crippen LogP contribution in [-0.4, -0.2) is 20.4 Å². The van der Waals surface area contributed by atoms with Crippen LogP contribution in [0.25, 0.3) is 0 Å². The van der Waals surface area contributed by atoms with Crippen molar-refractivity contribution in [3.05, 3.63) is 59.9 Å². The van der Waals surface area contributed by atoms with Gasteiger partial charge in [-0.25, -0.2) is 17.5 Å². The monoisotopic (exact) mass is 350 g/mol. The molecule has 5 nitrogen and oxygen atoms in total. The fourth-order valence-electron chi connectivity index (χ4n) is 1.94. The van der Waals surface area contributed by atoms with E-state index in [1.54, 1.807) is 6.92 Å². The molecule has 1 amide bonds. The van der Waals surface area contributed by atoms with Crippen molar-refractivity contribution in [2.45, 2.75) is 31.2 Å². The van der Waals surface area contributed by atoms with Crippen LogP contribution in [0.1, 0.15) is 30.6 Å². The van der Waals surface area contributed by atoms with Gasteiger partial charge in [-0.3, -0.25) is 4.79 Å². The van der Waals surface area contributed by atoms with Crippen LogP contribution in [0, 0.1) is 5.82 Å². The van der Waals surface area contributed by atoms with Crippen LogP contribution in [0.2, 0.25) is 0 Å². The lowest BCUT2D eigenvalue weighted by Gasteiger charge is -2.12. The zero-order valence-corrected chi connectivity index (χ0v) is 14.2. The van der Waals surface area contributed by atoms with E-state index in [-0.39, 0.29) is 10.9 Å². The second kappa shape index (κ2) is 7.55. The second-order valence-electron chi connectivity index (χ2n) is 5.42. The van der Waals surface area contributed by atoms with Gasteiger partial charge in [-0.1, -0.05) is 6.92 Å². The van der Waals surface area contributed by atoms with Gasteiger partial charge in [0.15, 0.2) is 0 Å². The minimum atomic E-state index is -3.58. The Hall–Kier alpha value is -2.25. The third kappa shape index (κ3) is 4.62. The SMILES string of the molecule is CCC(C)NS(=O)(=O)c1ccc(NC(=O)c2ccc(F)cc2)cc1. The van der Waals surface area contributed by atoms with Crippen molar-refractivity contribution in [1.29, 1.82) is 0 Å². The van der Waals surface area contributed by atoms with Gasteiger partial charge < -0.3 is 5.32 Å². The highest BCUT2D eigenvalue weighted by Gasteiger charge is 2.16. The Labute approximate surface area is 141 Å². The number of benzene rings is 2. The molecule has 0 heterocycles. The van der Waals surface area contributed by atoms with Crippen LogP contribution in [0.15, 0.2) is 53.4 Å². The van der Waals surface area contributed by atoms with E-state index in [1.165, 1.54) is 48.5 Å². The van der Waals surface area contributed by atoms with Gasteiger partial charge >= 0.3 is 0 Å². The van der Waals surface area contributed by atoms with Gasteiger partial charge in [0.1, 0.15) is 5.82 Å². The van der Waals surface area contributed by atoms with Crippen molar-refractivity contribution in [1.82, 2.24) is 4.72 Å². The number of hydrogen-bond donors (Lipinski definition) is 2. The molecule has 0 saturated carbocycles. The average Bonchev–Trinajstić information content (AvgIpc) is 2.55. The number of hydrogen-bond acceptors (Lipinski definition) is 3. The molecule has 2 aromatic carbocycles. The minimum absolute atomic E-state index is 0.127. The maximum absolute atomic E-state index is 12.9. The molecule has 24 heavy (non-hydrogen) atoms. The summed E-state index contributed by atoms with van der Waals surface area (Å²) in [6, 6.07) is 10.8. The van der Waals surface area contributed by atoms with Gasteiger partial charge in [0.05, 0.1) is 4.90 Å². The quantitative estimate of drug-likeness (QED) is 0.840. The Bertz CT molecular complexity index is 803. The average molecular weight is 350 g/mol. The van der Waals surface area contributed by atoms with Gasteiger partial charge in [-0.15, -0.1) is 0 Å². The zero-order chi connectivity index (χ0) is 17.7. The molecule has 0 saturated heterocycles. The summed E-state index contributed by atoms with van der Waals surface area (Å²) in [6.07, 6.45) is 0.686. The molecule has 0 spiro atoms. The molecule has 0 aliphatic carbocycles. The number of carbonyl (C=O) groups excluding carboxylic acids is 1. The molecule has 7 heteroatoms. The lowest BCUT2D eigenvalue weighted by atomic mass is 10.2. The van der Waals surface area contributed by atoms with Gasteiger partial charge in [-0.05, 0) is 61.9 Å². The number of halogens is 1. The van der Waals surface area contributed by atoms with Crippen LogP contribution in [0.4, 0.5) is 10.1 Å². The third-order valence-electron chi connectivity index (χ3n) is 3.50. The van der Waals surface area contributed by atoms with Crippen molar-refractivity contribution in [3.8, 4) is 0 Å². The van der Waals surface area contributed by atoms with Crippen LogP contribution < -0.4 is 10.0 Å². The van der Waals surface area contributed by atoms with Crippen molar-refractivity contribution < 1.29 is 17.6 Å². The van der Waals surface area contributed by atoms with E-state index < -0.39 is 21.7 Å². The highest BCUT2D eigenvalue weighted by atomic mass is 32.2. The summed E-state index contributed by atoms with van der Waals surface area (Å²) in [4.78, 5) is 12.2. The number of nitrogens with one attached hydrogen (secondary N) is 2. The number of amides is 1. The Morgan fingerprint density at radius 2 is 1.67 bits per heavy atom. The topological polar surface area (TPSA) is 75.3 Å². The van der Waals surface area contributed by atoms with Gasteiger partial charge in [-0.2, -0.15) is 0 Å². The standard InChI is InChI=1S/C17H19FN2O3S/c1-3-12(2)20-24(22,23)16-10-8-15(9-11-16)19-17(21)13-4-6-14(18)7-5-13/h4-12,20H,3H2,1-2H3,(H,19,21). The molecule has 1 atom stereocenters. The van der Waals surface area contributed by atoms with Gasteiger partial charge in [0.2, 0.25) is 10.0 Å². The number of carbonyl (C=O) groups is 1. The first-order chi connectivity index (χ1) is 11.3. The maximum Gasteiger partial charge on any atom is 0.255 e. The molecule has 2 aromatic rings. The molecule has 2 N–H and O–H groups in total. The van der Waals surface area contributed by atoms with Crippen molar-refractivity contribution in [2.75, 3.05) is 5.32 Å². The molecule has 0 aliphatic heterocycles. The summed E-state index contributed by atoms with van der Waals surface area (Å²) in [6.45, 7) is 3.68. The Balaban J connectivity index is 2.09. The van der Waals surface area contributed by atoms with E-state index in [0.29, 0.717) is 17.7 Å². The highest BCUT2D eigenvalue weighted by molar-refractivity contribution is 7.89. The summed E-state index contributed by atoms with van der Waals surface area (Å²) >= 11 is 0. The molecule has 2 rings (SSSR count). The van der Waals surface area contributed by atoms with Gasteiger partial charge in [0, 0.05) is 17.3 Å². The van der Waals surface area contributed by atoms with Crippen LogP contribution in [-0.2, 0) is 10.0 Å². The third-order valence-corrected chi connectivity index (χ3v) is 5.10. The van der Waals surface area contributed by atoms with Gasteiger partial charge in [0.25, 0.3) is 5.91 Å². The van der Waals surface area contributed by atoms with Crippen LogP contribution in [0.3, 0.4) is 0 Å². The lowest BCUT2D eigenvalue weighted by molar-refractivity contribution is 0.102. The minimum Gasteiger partial charge on any atom is -0.322 e. The Morgan fingerprint density at radius 3 is 2.21 bits per heavy atom. The molecule has 0 aliphatic rings. The van der Waals surface area contributed by atoms with E-state index in [9.17, 15) is 17.6 Å². The molecular weight excluding hydrogens is 331 g/mol. The number of sulfonamides is 1.